The second-order valence-electron chi connectivity index (χ2n) is 10.6. The second-order valence-corrected chi connectivity index (χ2v) is 12.4. The lowest BCUT2D eigenvalue weighted by Crippen LogP contribution is -2.38. The first-order valence-corrected chi connectivity index (χ1v) is 15.5. The first kappa shape index (κ1) is 30.2. The summed E-state index contributed by atoms with van der Waals surface area (Å²) < 4.78 is 72.2. The van der Waals surface area contributed by atoms with Gasteiger partial charge in [-0.3, -0.25) is 9.52 Å². The van der Waals surface area contributed by atoms with Crippen molar-refractivity contribution in [2.75, 3.05) is 17.8 Å². The number of piperidine rings is 1. The molecule has 0 aromatic heterocycles. The molecule has 224 valence electrons. The molecular formula is C33H31F3N2O4S. The van der Waals surface area contributed by atoms with Gasteiger partial charge in [0, 0.05) is 18.7 Å². The van der Waals surface area contributed by atoms with E-state index in [2.05, 4.69) is 4.72 Å². The Morgan fingerprint density at radius 2 is 1.49 bits per heavy atom. The van der Waals surface area contributed by atoms with Crippen molar-refractivity contribution >= 4 is 21.6 Å². The number of aryl methyl sites for hydroxylation is 1. The van der Waals surface area contributed by atoms with Crippen LogP contribution in [0.4, 0.5) is 18.9 Å². The van der Waals surface area contributed by atoms with Gasteiger partial charge in [-0.15, -0.1) is 0 Å². The summed E-state index contributed by atoms with van der Waals surface area (Å²) in [5.41, 5.74) is 2.56. The summed E-state index contributed by atoms with van der Waals surface area (Å²) in [5.74, 6) is 0.757. The summed E-state index contributed by atoms with van der Waals surface area (Å²) in [6.07, 6.45) is -2.88. The van der Waals surface area contributed by atoms with Gasteiger partial charge in [-0.2, -0.15) is 13.2 Å². The number of nitrogens with one attached hydrogen (secondary N) is 1. The number of anilines is 1. The number of alkyl halides is 3. The predicted octanol–water partition coefficient (Wildman–Crippen LogP) is 7.77. The number of likely N-dealkylation sites (tertiary alicyclic amines) is 1. The van der Waals surface area contributed by atoms with E-state index < -0.39 is 21.8 Å². The number of carbonyl (C=O) groups excluding carboxylic acids is 1. The molecule has 1 heterocycles. The largest absolute Gasteiger partial charge is 0.457 e. The third-order valence-corrected chi connectivity index (χ3v) is 8.74. The van der Waals surface area contributed by atoms with Crippen molar-refractivity contribution in [1.29, 1.82) is 0 Å². The minimum Gasteiger partial charge on any atom is -0.457 e. The van der Waals surface area contributed by atoms with Gasteiger partial charge in [-0.05, 0) is 90.9 Å². The summed E-state index contributed by atoms with van der Waals surface area (Å²) in [6.45, 7) is 2.90. The molecule has 0 saturated carbocycles. The van der Waals surface area contributed by atoms with Gasteiger partial charge >= 0.3 is 6.18 Å². The molecule has 4 aromatic rings. The van der Waals surface area contributed by atoms with Crippen LogP contribution in [0.5, 0.6) is 11.5 Å². The van der Waals surface area contributed by atoms with Crippen LogP contribution in [0, 0.1) is 6.92 Å². The molecule has 10 heteroatoms. The number of ether oxygens (including phenoxy) is 1. The number of carbonyl (C=O) groups is 1. The molecule has 0 unspecified atom stereocenters. The molecule has 1 aliphatic heterocycles. The molecule has 1 amide bonds. The van der Waals surface area contributed by atoms with Gasteiger partial charge in [0.15, 0.2) is 0 Å². The van der Waals surface area contributed by atoms with Gasteiger partial charge in [-0.25, -0.2) is 8.42 Å². The zero-order valence-electron chi connectivity index (χ0n) is 23.5. The van der Waals surface area contributed by atoms with Crippen molar-refractivity contribution in [3.8, 4) is 11.5 Å². The van der Waals surface area contributed by atoms with E-state index in [4.69, 9.17) is 4.74 Å². The fourth-order valence-electron chi connectivity index (χ4n) is 5.12. The smallest absolute Gasteiger partial charge is 0.416 e. The lowest BCUT2D eigenvalue weighted by molar-refractivity contribution is -0.137. The van der Waals surface area contributed by atoms with E-state index in [0.29, 0.717) is 41.4 Å². The van der Waals surface area contributed by atoms with Crippen LogP contribution >= 0.6 is 0 Å². The van der Waals surface area contributed by atoms with Gasteiger partial charge in [0.1, 0.15) is 11.5 Å². The highest BCUT2D eigenvalue weighted by Gasteiger charge is 2.30. The number of rotatable bonds is 8. The van der Waals surface area contributed by atoms with Crippen molar-refractivity contribution in [2.24, 2.45) is 0 Å². The Hall–Kier alpha value is -4.31. The van der Waals surface area contributed by atoms with E-state index in [1.807, 2.05) is 18.2 Å². The van der Waals surface area contributed by atoms with Crippen LogP contribution in [-0.4, -0.2) is 32.3 Å². The van der Waals surface area contributed by atoms with Crippen molar-refractivity contribution < 1.29 is 31.1 Å². The molecule has 0 radical (unpaired) electrons. The molecule has 43 heavy (non-hydrogen) atoms. The summed E-state index contributed by atoms with van der Waals surface area (Å²) in [4.78, 5) is 15.1. The quantitative estimate of drug-likeness (QED) is 0.222. The first-order valence-electron chi connectivity index (χ1n) is 13.9. The molecule has 0 atom stereocenters. The van der Waals surface area contributed by atoms with Crippen LogP contribution in [0.1, 0.15) is 51.4 Å². The van der Waals surface area contributed by atoms with Crippen molar-refractivity contribution in [3.63, 3.8) is 0 Å². The summed E-state index contributed by atoms with van der Waals surface area (Å²) in [7, 11) is -3.67. The van der Waals surface area contributed by atoms with Gasteiger partial charge in [0.05, 0.1) is 17.0 Å². The fourth-order valence-corrected chi connectivity index (χ4v) is 6.38. The van der Waals surface area contributed by atoms with Crippen LogP contribution in [0.25, 0.3) is 0 Å². The Kier molecular flexibility index (Phi) is 8.77. The highest BCUT2D eigenvalue weighted by Crippen LogP contribution is 2.33. The van der Waals surface area contributed by atoms with E-state index >= 15 is 0 Å². The third-order valence-electron chi connectivity index (χ3n) is 7.50. The van der Waals surface area contributed by atoms with Gasteiger partial charge in [0.25, 0.3) is 5.91 Å². The van der Waals surface area contributed by atoms with Crippen LogP contribution < -0.4 is 9.46 Å². The van der Waals surface area contributed by atoms with E-state index in [9.17, 15) is 26.4 Å². The number of amides is 1. The zero-order valence-corrected chi connectivity index (χ0v) is 24.3. The van der Waals surface area contributed by atoms with Crippen LogP contribution in [-0.2, 0) is 22.0 Å². The van der Waals surface area contributed by atoms with Crippen LogP contribution in [0.3, 0.4) is 0 Å². The van der Waals surface area contributed by atoms with E-state index in [1.54, 1.807) is 66.4 Å². The fraction of sp³-hybridized carbons (Fsp3) is 0.242. The molecule has 5 rings (SSSR count). The highest BCUT2D eigenvalue weighted by molar-refractivity contribution is 7.91. The van der Waals surface area contributed by atoms with Crippen molar-refractivity contribution in [2.45, 2.75) is 37.6 Å². The molecule has 4 aromatic carbocycles. The molecule has 1 N–H and O–H groups in total. The monoisotopic (exact) mass is 608 g/mol. The van der Waals surface area contributed by atoms with Crippen LogP contribution in [0.2, 0.25) is 0 Å². The average molecular weight is 609 g/mol. The molecule has 1 aliphatic rings. The Bertz CT molecular complexity index is 1670. The first-order chi connectivity index (χ1) is 20.5. The lowest BCUT2D eigenvalue weighted by Gasteiger charge is -2.32. The van der Waals surface area contributed by atoms with E-state index in [1.165, 1.54) is 12.1 Å². The number of sulfonamides is 1. The topological polar surface area (TPSA) is 75.7 Å². The standard InChI is InChI=1S/C33H31F3N2O4S/c1-23-7-8-27(21-31(23)37-43(40,41)22-24-5-3-2-4-6-24)32(39)38-19-17-26(18-20-38)25-9-13-29(14-10-25)42-30-15-11-28(12-16-30)33(34,35)36/h2-16,21,26,37H,17-20,22H2,1H3. The van der Waals surface area contributed by atoms with Gasteiger partial charge in [-0.1, -0.05) is 48.5 Å². The molecular weight excluding hydrogens is 577 g/mol. The zero-order chi connectivity index (χ0) is 30.6. The van der Waals surface area contributed by atoms with Crippen molar-refractivity contribution in [1.82, 2.24) is 4.90 Å². The van der Waals surface area contributed by atoms with E-state index in [-0.39, 0.29) is 17.6 Å². The van der Waals surface area contributed by atoms with Crippen molar-refractivity contribution in [3.05, 3.63) is 125 Å². The van der Waals surface area contributed by atoms with Gasteiger partial charge < -0.3 is 9.64 Å². The maximum Gasteiger partial charge on any atom is 0.416 e. The van der Waals surface area contributed by atoms with E-state index in [0.717, 1.165) is 36.1 Å². The minimum absolute atomic E-state index is 0.151. The average Bonchev–Trinajstić information content (AvgIpc) is 2.98. The number of hydrogen-bond donors (Lipinski definition) is 1. The molecule has 0 spiro atoms. The molecule has 6 nitrogen and oxygen atoms in total. The molecule has 0 bridgehead atoms. The number of nitrogens with zero attached hydrogens (tertiary/aromatic N) is 1. The maximum atomic E-state index is 13.3. The Morgan fingerprint density at radius 1 is 0.884 bits per heavy atom. The normalized spacial score (nSPS) is 14.4. The Morgan fingerprint density at radius 3 is 2.09 bits per heavy atom. The number of halogens is 3. The maximum absolute atomic E-state index is 13.3. The predicted molar refractivity (Wildman–Crippen MR) is 160 cm³/mol. The second kappa shape index (κ2) is 12.5. The Labute approximate surface area is 249 Å². The minimum atomic E-state index is -4.40. The van der Waals surface area contributed by atoms with Crippen LogP contribution in [0.15, 0.2) is 97.1 Å². The number of benzene rings is 4. The molecule has 0 aliphatic carbocycles. The Balaban J connectivity index is 1.17. The summed E-state index contributed by atoms with van der Waals surface area (Å²) >= 11 is 0. The number of hydrogen-bond acceptors (Lipinski definition) is 4. The summed E-state index contributed by atoms with van der Waals surface area (Å²) in [6, 6.07) is 26.0. The molecule has 1 saturated heterocycles. The molecule has 1 fully saturated rings. The lowest BCUT2D eigenvalue weighted by atomic mass is 9.89. The highest BCUT2D eigenvalue weighted by atomic mass is 32.2. The summed E-state index contributed by atoms with van der Waals surface area (Å²) in [5, 5.41) is 0. The third kappa shape index (κ3) is 7.75. The SMILES string of the molecule is Cc1ccc(C(=O)N2CCC(c3ccc(Oc4ccc(C(F)(F)F)cc4)cc3)CC2)cc1NS(=O)(=O)Cc1ccccc1. The van der Waals surface area contributed by atoms with Gasteiger partial charge in [0.2, 0.25) is 10.0 Å².